The number of nitrogens with zero attached hydrogens (tertiary/aromatic N) is 1. The Morgan fingerprint density at radius 3 is 2.67 bits per heavy atom. The molecule has 1 N–H and O–H groups in total. The van der Waals surface area contributed by atoms with Gasteiger partial charge < -0.3 is 5.32 Å². The summed E-state index contributed by atoms with van der Waals surface area (Å²) in [5.74, 6) is 1.13. The maximum absolute atomic E-state index is 4.45. The van der Waals surface area contributed by atoms with Gasteiger partial charge in [0.25, 0.3) is 0 Å². The molecule has 0 bridgehead atoms. The number of hydrogen-bond acceptors (Lipinski definition) is 3. The average Bonchev–Trinajstić information content (AvgIpc) is 2.44. The quantitative estimate of drug-likeness (QED) is 0.862. The number of fused-ring (bicyclic) bond motifs is 1. The zero-order chi connectivity index (χ0) is 15.3. The molecule has 1 atom stereocenters. The van der Waals surface area contributed by atoms with Crippen LogP contribution in [0.2, 0.25) is 0 Å². The number of benzene rings is 1. The summed E-state index contributed by atoms with van der Waals surface area (Å²) in [6, 6.07) is 11.1. The Bertz CT molecular complexity index is 569. The van der Waals surface area contributed by atoms with Crippen LogP contribution in [0.5, 0.6) is 0 Å². The number of aromatic nitrogens is 1. The summed E-state index contributed by atoms with van der Waals surface area (Å²) < 4.78 is 0.313. The second-order valence-electron chi connectivity index (χ2n) is 6.37. The van der Waals surface area contributed by atoms with Crippen LogP contribution in [0.15, 0.2) is 36.5 Å². The largest absolute Gasteiger partial charge is 0.313 e. The number of hydrogen-bond donors (Lipinski definition) is 1. The van der Waals surface area contributed by atoms with Gasteiger partial charge in [-0.05, 0) is 30.7 Å². The number of nitrogens with one attached hydrogen (secondary N) is 1. The standard InChI is InChI=1S/C18H26N2S/c1-5-19-15(13-21-18(2,3)4)12-14-10-11-20-17-9-7-6-8-16(14)17/h6-11,15,19H,5,12-13H2,1-4H3. The van der Waals surface area contributed by atoms with E-state index in [-0.39, 0.29) is 0 Å². The smallest absolute Gasteiger partial charge is 0.0704 e. The fourth-order valence-electron chi connectivity index (χ4n) is 2.43. The Morgan fingerprint density at radius 2 is 1.95 bits per heavy atom. The van der Waals surface area contributed by atoms with Gasteiger partial charge in [-0.15, -0.1) is 0 Å². The predicted octanol–water partition coefficient (Wildman–Crippen LogP) is 4.29. The van der Waals surface area contributed by atoms with Crippen LogP contribution in [-0.2, 0) is 6.42 Å². The summed E-state index contributed by atoms with van der Waals surface area (Å²) in [5.41, 5.74) is 2.48. The number of pyridine rings is 1. The van der Waals surface area contributed by atoms with E-state index in [1.165, 1.54) is 10.9 Å². The summed E-state index contributed by atoms with van der Waals surface area (Å²) in [5, 5.41) is 4.91. The maximum Gasteiger partial charge on any atom is 0.0704 e. The highest BCUT2D eigenvalue weighted by atomic mass is 32.2. The van der Waals surface area contributed by atoms with Gasteiger partial charge in [-0.2, -0.15) is 11.8 Å². The van der Waals surface area contributed by atoms with Crippen LogP contribution in [-0.4, -0.2) is 28.1 Å². The van der Waals surface area contributed by atoms with Gasteiger partial charge in [0.1, 0.15) is 0 Å². The Kier molecular flexibility index (Phi) is 5.65. The number of para-hydroxylation sites is 1. The van der Waals surface area contributed by atoms with Crippen LogP contribution in [0.25, 0.3) is 10.9 Å². The molecule has 1 aromatic heterocycles. The average molecular weight is 302 g/mol. The molecule has 0 saturated carbocycles. The van der Waals surface area contributed by atoms with Gasteiger partial charge in [0.15, 0.2) is 0 Å². The van der Waals surface area contributed by atoms with Crippen molar-refractivity contribution in [2.45, 2.75) is 44.9 Å². The molecule has 0 aliphatic carbocycles. The third kappa shape index (κ3) is 5.01. The zero-order valence-electron chi connectivity index (χ0n) is 13.5. The van der Waals surface area contributed by atoms with Crippen LogP contribution >= 0.6 is 11.8 Å². The van der Waals surface area contributed by atoms with E-state index in [0.29, 0.717) is 10.8 Å². The van der Waals surface area contributed by atoms with Crippen LogP contribution in [0.3, 0.4) is 0 Å². The van der Waals surface area contributed by atoms with E-state index >= 15 is 0 Å². The minimum absolute atomic E-state index is 0.313. The second-order valence-corrected chi connectivity index (χ2v) is 8.22. The lowest BCUT2D eigenvalue weighted by Gasteiger charge is -2.24. The third-order valence-electron chi connectivity index (χ3n) is 3.42. The molecule has 114 valence electrons. The van der Waals surface area contributed by atoms with Crippen molar-refractivity contribution in [3.05, 3.63) is 42.1 Å². The SMILES string of the molecule is CCNC(CSC(C)(C)C)Cc1ccnc2ccccc12. The highest BCUT2D eigenvalue weighted by molar-refractivity contribution is 8.00. The summed E-state index contributed by atoms with van der Waals surface area (Å²) in [4.78, 5) is 4.45. The van der Waals surface area contributed by atoms with Gasteiger partial charge in [0.05, 0.1) is 5.52 Å². The molecule has 0 amide bonds. The highest BCUT2D eigenvalue weighted by Crippen LogP contribution is 2.25. The topological polar surface area (TPSA) is 24.9 Å². The lowest BCUT2D eigenvalue weighted by atomic mass is 10.0. The van der Waals surface area contributed by atoms with Crippen molar-refractivity contribution in [2.75, 3.05) is 12.3 Å². The van der Waals surface area contributed by atoms with Gasteiger partial charge in [0.2, 0.25) is 0 Å². The molecule has 2 rings (SSSR count). The van der Waals surface area contributed by atoms with Crippen LogP contribution in [0.1, 0.15) is 33.3 Å². The van der Waals surface area contributed by atoms with Gasteiger partial charge in [0, 0.05) is 28.1 Å². The summed E-state index contributed by atoms with van der Waals surface area (Å²) >= 11 is 2.03. The van der Waals surface area contributed by atoms with Crippen molar-refractivity contribution in [1.82, 2.24) is 10.3 Å². The van der Waals surface area contributed by atoms with E-state index in [0.717, 1.165) is 24.2 Å². The van der Waals surface area contributed by atoms with E-state index in [4.69, 9.17) is 0 Å². The third-order valence-corrected chi connectivity index (χ3v) is 4.85. The molecule has 2 aromatic rings. The molecule has 0 radical (unpaired) electrons. The second kappa shape index (κ2) is 7.28. The molecule has 3 heteroatoms. The minimum atomic E-state index is 0.313. The van der Waals surface area contributed by atoms with Crippen molar-refractivity contribution in [1.29, 1.82) is 0 Å². The lowest BCUT2D eigenvalue weighted by molar-refractivity contribution is 0.572. The van der Waals surface area contributed by atoms with E-state index in [2.05, 4.69) is 68.3 Å². The molecule has 1 unspecified atom stereocenters. The van der Waals surface area contributed by atoms with Crippen molar-refractivity contribution < 1.29 is 0 Å². The summed E-state index contributed by atoms with van der Waals surface area (Å²) in [7, 11) is 0. The molecule has 0 spiro atoms. The zero-order valence-corrected chi connectivity index (χ0v) is 14.3. The van der Waals surface area contributed by atoms with Crippen LogP contribution in [0.4, 0.5) is 0 Å². The monoisotopic (exact) mass is 302 g/mol. The number of thioether (sulfide) groups is 1. The first-order chi connectivity index (χ1) is 9.99. The first-order valence-electron chi connectivity index (χ1n) is 7.69. The molecule has 1 heterocycles. The maximum atomic E-state index is 4.45. The van der Waals surface area contributed by atoms with Gasteiger partial charge in [-0.3, -0.25) is 4.98 Å². The molecule has 21 heavy (non-hydrogen) atoms. The first kappa shape index (κ1) is 16.3. The van der Waals surface area contributed by atoms with Crippen molar-refractivity contribution in [3.8, 4) is 0 Å². The fraction of sp³-hybridized carbons (Fsp3) is 0.500. The molecule has 0 fully saturated rings. The Balaban J connectivity index is 2.15. The van der Waals surface area contributed by atoms with Gasteiger partial charge >= 0.3 is 0 Å². The first-order valence-corrected chi connectivity index (χ1v) is 8.68. The number of likely N-dealkylation sites (N-methyl/N-ethyl adjacent to an activating group) is 1. The Labute approximate surface area is 132 Å². The molecule has 0 aliphatic rings. The van der Waals surface area contributed by atoms with E-state index in [1.54, 1.807) is 0 Å². The minimum Gasteiger partial charge on any atom is -0.313 e. The summed E-state index contributed by atoms with van der Waals surface area (Å²) in [6.07, 6.45) is 2.98. The molecule has 0 aliphatic heterocycles. The molecule has 1 aromatic carbocycles. The van der Waals surface area contributed by atoms with Gasteiger partial charge in [-0.1, -0.05) is 45.9 Å². The molecular formula is C18H26N2S. The number of rotatable bonds is 6. The Morgan fingerprint density at radius 1 is 1.19 bits per heavy atom. The van der Waals surface area contributed by atoms with Crippen molar-refractivity contribution >= 4 is 22.7 Å². The van der Waals surface area contributed by atoms with Crippen LogP contribution in [0, 0.1) is 0 Å². The van der Waals surface area contributed by atoms with Gasteiger partial charge in [-0.25, -0.2) is 0 Å². The Hall–Kier alpha value is -1.06. The molecular weight excluding hydrogens is 276 g/mol. The van der Waals surface area contributed by atoms with Crippen molar-refractivity contribution in [3.63, 3.8) is 0 Å². The summed E-state index contributed by atoms with van der Waals surface area (Å²) in [6.45, 7) is 10.0. The lowest BCUT2D eigenvalue weighted by Crippen LogP contribution is -2.34. The molecule has 0 saturated heterocycles. The molecule has 2 nitrogen and oxygen atoms in total. The van der Waals surface area contributed by atoms with E-state index < -0.39 is 0 Å². The van der Waals surface area contributed by atoms with Crippen molar-refractivity contribution in [2.24, 2.45) is 0 Å². The predicted molar refractivity (Wildman–Crippen MR) is 95.1 cm³/mol. The normalized spacial score (nSPS) is 13.5. The van der Waals surface area contributed by atoms with E-state index in [9.17, 15) is 0 Å². The fourth-order valence-corrected chi connectivity index (χ4v) is 3.36. The van der Waals surface area contributed by atoms with Crippen LogP contribution < -0.4 is 5.32 Å². The highest BCUT2D eigenvalue weighted by Gasteiger charge is 2.16. The van der Waals surface area contributed by atoms with E-state index in [1.807, 2.05) is 18.0 Å².